The molecule has 0 radical (unpaired) electrons. The third-order valence-electron chi connectivity index (χ3n) is 5.22. The Morgan fingerprint density at radius 1 is 1.06 bits per heavy atom. The summed E-state index contributed by atoms with van der Waals surface area (Å²) < 4.78 is 39.7. The number of anilines is 1. The average molecular weight is 448 g/mol. The minimum Gasteiger partial charge on any atom is -0.366 e. The van der Waals surface area contributed by atoms with E-state index in [0.29, 0.717) is 25.3 Å². The second-order valence-corrected chi connectivity index (χ2v) is 9.68. The predicted octanol–water partition coefficient (Wildman–Crippen LogP) is 2.36. The molecule has 1 saturated heterocycles. The van der Waals surface area contributed by atoms with Crippen LogP contribution in [0, 0.1) is 5.82 Å². The molecular formula is C22H30FN5O2S. The maximum atomic E-state index is 14.1. The molecule has 7 nitrogen and oxygen atoms in total. The van der Waals surface area contributed by atoms with Crippen molar-refractivity contribution in [2.45, 2.75) is 18.4 Å². The van der Waals surface area contributed by atoms with Crippen LogP contribution in [-0.2, 0) is 16.6 Å². The van der Waals surface area contributed by atoms with E-state index in [0.717, 1.165) is 31.2 Å². The van der Waals surface area contributed by atoms with Crippen LogP contribution >= 0.6 is 0 Å². The molecule has 0 amide bonds. The summed E-state index contributed by atoms with van der Waals surface area (Å²) >= 11 is 0. The number of piperazine rings is 1. The third kappa shape index (κ3) is 5.54. The summed E-state index contributed by atoms with van der Waals surface area (Å²) in [6.07, 6.45) is 0. The Labute approximate surface area is 184 Å². The number of hydrogen-bond donors (Lipinski definition) is 1. The molecule has 1 N–H and O–H groups in total. The fourth-order valence-corrected chi connectivity index (χ4v) is 4.34. The lowest BCUT2D eigenvalue weighted by Crippen LogP contribution is -2.52. The van der Waals surface area contributed by atoms with Gasteiger partial charge in [-0.2, -0.15) is 0 Å². The number of sulfonamides is 1. The zero-order chi connectivity index (χ0) is 22.4. The van der Waals surface area contributed by atoms with Gasteiger partial charge in [-0.15, -0.1) is 0 Å². The Hall–Kier alpha value is -2.65. The van der Waals surface area contributed by atoms with Gasteiger partial charge in [0.15, 0.2) is 5.96 Å². The molecular weight excluding hydrogens is 417 g/mol. The molecule has 0 aliphatic carbocycles. The Morgan fingerprint density at radius 3 is 2.29 bits per heavy atom. The molecule has 2 aromatic rings. The fourth-order valence-electron chi connectivity index (χ4n) is 3.44. The molecule has 31 heavy (non-hydrogen) atoms. The molecule has 9 heteroatoms. The molecule has 1 aliphatic heterocycles. The van der Waals surface area contributed by atoms with Crippen molar-refractivity contribution < 1.29 is 12.8 Å². The normalized spacial score (nSPS) is 15.5. The van der Waals surface area contributed by atoms with Gasteiger partial charge in [0.1, 0.15) is 5.82 Å². The highest BCUT2D eigenvalue weighted by molar-refractivity contribution is 7.89. The highest BCUT2D eigenvalue weighted by Crippen LogP contribution is 2.20. The number of halogens is 1. The molecule has 1 fully saturated rings. The van der Waals surface area contributed by atoms with Gasteiger partial charge in [0.2, 0.25) is 10.0 Å². The van der Waals surface area contributed by atoms with Crippen LogP contribution < -0.4 is 10.2 Å². The number of benzene rings is 2. The molecule has 3 rings (SSSR count). The van der Waals surface area contributed by atoms with Crippen LogP contribution in [0.25, 0.3) is 0 Å². The summed E-state index contributed by atoms with van der Waals surface area (Å²) in [7, 11) is -0.404. The molecule has 2 aromatic carbocycles. The minimum absolute atomic E-state index is 0.198. The van der Waals surface area contributed by atoms with Crippen LogP contribution in [0.1, 0.15) is 12.5 Å². The van der Waals surface area contributed by atoms with Crippen molar-refractivity contribution in [1.82, 2.24) is 14.5 Å². The third-order valence-corrected chi connectivity index (χ3v) is 7.05. The van der Waals surface area contributed by atoms with E-state index in [4.69, 9.17) is 4.99 Å². The van der Waals surface area contributed by atoms with E-state index >= 15 is 0 Å². The summed E-state index contributed by atoms with van der Waals surface area (Å²) in [5, 5.41) is 3.32. The molecule has 168 valence electrons. The van der Waals surface area contributed by atoms with E-state index in [2.05, 4.69) is 15.1 Å². The summed E-state index contributed by atoms with van der Waals surface area (Å²) in [4.78, 5) is 9.22. The first-order valence-electron chi connectivity index (χ1n) is 10.4. The molecule has 0 saturated carbocycles. The maximum Gasteiger partial charge on any atom is 0.242 e. The second-order valence-electron chi connectivity index (χ2n) is 7.53. The highest BCUT2D eigenvalue weighted by atomic mass is 32.2. The number of nitrogens with one attached hydrogen (secondary N) is 1. The zero-order valence-electron chi connectivity index (χ0n) is 18.3. The Morgan fingerprint density at radius 2 is 1.71 bits per heavy atom. The monoisotopic (exact) mass is 447 g/mol. The number of nitrogens with zero attached hydrogens (tertiary/aromatic N) is 4. The van der Waals surface area contributed by atoms with Crippen LogP contribution in [0.2, 0.25) is 0 Å². The Balaban J connectivity index is 1.65. The first kappa shape index (κ1) is 23.0. The van der Waals surface area contributed by atoms with Gasteiger partial charge < -0.3 is 15.1 Å². The number of aliphatic imine (C=N–C) groups is 1. The van der Waals surface area contributed by atoms with Crippen molar-refractivity contribution in [3.05, 3.63) is 59.9 Å². The molecule has 0 bridgehead atoms. The van der Waals surface area contributed by atoms with Gasteiger partial charge in [-0.3, -0.25) is 0 Å². The number of para-hydroxylation sites is 1. The molecule has 0 unspecified atom stereocenters. The summed E-state index contributed by atoms with van der Waals surface area (Å²) in [6, 6.07) is 13.7. The lowest BCUT2D eigenvalue weighted by molar-refractivity contribution is 0.370. The van der Waals surface area contributed by atoms with Crippen molar-refractivity contribution in [1.29, 1.82) is 0 Å². The molecule has 1 heterocycles. The van der Waals surface area contributed by atoms with E-state index in [-0.39, 0.29) is 10.7 Å². The van der Waals surface area contributed by atoms with Crippen molar-refractivity contribution in [3.63, 3.8) is 0 Å². The zero-order valence-corrected chi connectivity index (χ0v) is 19.1. The largest absolute Gasteiger partial charge is 0.366 e. The number of guanidine groups is 1. The van der Waals surface area contributed by atoms with Crippen LogP contribution in [-0.4, -0.2) is 70.4 Å². The lowest BCUT2D eigenvalue weighted by Gasteiger charge is -2.37. The summed E-state index contributed by atoms with van der Waals surface area (Å²) in [5.74, 6) is 0.608. The maximum absolute atomic E-state index is 14.1. The van der Waals surface area contributed by atoms with Crippen LogP contribution in [0.15, 0.2) is 58.4 Å². The van der Waals surface area contributed by atoms with Crippen molar-refractivity contribution in [2.24, 2.45) is 4.99 Å². The van der Waals surface area contributed by atoms with Crippen LogP contribution in [0.4, 0.5) is 10.1 Å². The van der Waals surface area contributed by atoms with Crippen LogP contribution in [0.3, 0.4) is 0 Å². The molecule has 0 spiro atoms. The van der Waals surface area contributed by atoms with Gasteiger partial charge in [0, 0.05) is 46.8 Å². The average Bonchev–Trinajstić information content (AvgIpc) is 2.77. The first-order valence-corrected chi connectivity index (χ1v) is 11.8. The Bertz CT molecular complexity index is 1000. The summed E-state index contributed by atoms with van der Waals surface area (Å²) in [5.41, 5.74) is 1.56. The van der Waals surface area contributed by atoms with E-state index in [1.165, 1.54) is 24.5 Å². The van der Waals surface area contributed by atoms with Gasteiger partial charge in [-0.05, 0) is 36.8 Å². The summed E-state index contributed by atoms with van der Waals surface area (Å²) in [6.45, 7) is 6.10. The minimum atomic E-state index is -3.44. The lowest BCUT2D eigenvalue weighted by atomic mass is 10.2. The molecule has 0 aromatic heterocycles. The van der Waals surface area contributed by atoms with E-state index in [1.807, 2.05) is 19.1 Å². The fraction of sp³-hybridized carbons (Fsp3) is 0.409. The topological polar surface area (TPSA) is 68.2 Å². The van der Waals surface area contributed by atoms with Gasteiger partial charge in [0.25, 0.3) is 0 Å². The van der Waals surface area contributed by atoms with E-state index in [9.17, 15) is 12.8 Å². The van der Waals surface area contributed by atoms with Gasteiger partial charge in [0.05, 0.1) is 17.1 Å². The molecule has 1 aliphatic rings. The SMILES string of the molecule is CCNC(=NCc1ccc(S(=O)(=O)N(C)C)cc1)N1CCN(c2ccccc2F)CC1. The van der Waals surface area contributed by atoms with Crippen molar-refractivity contribution in [3.8, 4) is 0 Å². The van der Waals surface area contributed by atoms with Crippen molar-refractivity contribution >= 4 is 21.7 Å². The number of hydrogen-bond acceptors (Lipinski definition) is 4. The second kappa shape index (κ2) is 10.1. The Kier molecular flexibility index (Phi) is 7.50. The number of rotatable bonds is 6. The van der Waals surface area contributed by atoms with E-state index in [1.54, 1.807) is 30.3 Å². The van der Waals surface area contributed by atoms with Crippen molar-refractivity contribution in [2.75, 3.05) is 51.7 Å². The predicted molar refractivity (Wildman–Crippen MR) is 122 cm³/mol. The first-order chi connectivity index (χ1) is 14.8. The highest BCUT2D eigenvalue weighted by Gasteiger charge is 2.21. The smallest absolute Gasteiger partial charge is 0.242 e. The standard InChI is InChI=1S/C22H30FN5O2S/c1-4-24-22(25-17-18-9-11-19(12-10-18)31(29,30)26(2)3)28-15-13-27(14-16-28)21-8-6-5-7-20(21)23/h5-12H,4,13-17H2,1-3H3,(H,24,25). The molecule has 0 atom stereocenters. The van der Waals surface area contributed by atoms with Gasteiger partial charge >= 0.3 is 0 Å². The van der Waals surface area contributed by atoms with E-state index < -0.39 is 10.0 Å². The quantitative estimate of drug-likeness (QED) is 0.544. The van der Waals surface area contributed by atoms with Gasteiger partial charge in [-0.1, -0.05) is 24.3 Å². The van der Waals surface area contributed by atoms with Crippen LogP contribution in [0.5, 0.6) is 0 Å². The van der Waals surface area contributed by atoms with Gasteiger partial charge in [-0.25, -0.2) is 22.1 Å².